The zero-order valence-corrected chi connectivity index (χ0v) is 16.7. The lowest BCUT2D eigenvalue weighted by atomic mass is 10.2. The molecule has 2 saturated heterocycles. The molecule has 0 aliphatic carbocycles. The van der Waals surface area contributed by atoms with Gasteiger partial charge in [0.1, 0.15) is 18.5 Å². The fourth-order valence-corrected chi connectivity index (χ4v) is 2.69. The summed E-state index contributed by atoms with van der Waals surface area (Å²) in [6.45, 7) is 1.70. The first-order valence-corrected chi connectivity index (χ1v) is 9.26. The number of hydrogen-bond donors (Lipinski definition) is 1. The van der Waals surface area contributed by atoms with Gasteiger partial charge >= 0.3 is 6.09 Å². The van der Waals surface area contributed by atoms with E-state index in [-0.39, 0.29) is 25.2 Å². The molecule has 1 aromatic rings. The summed E-state index contributed by atoms with van der Waals surface area (Å²) in [7, 11) is 1.52. The Bertz CT molecular complexity index is 718. The van der Waals surface area contributed by atoms with Gasteiger partial charge in [0.15, 0.2) is 11.1 Å². The molecule has 154 valence electrons. The first kappa shape index (κ1) is 22.2. The summed E-state index contributed by atoms with van der Waals surface area (Å²) >= 11 is 9.72. The van der Waals surface area contributed by atoms with Gasteiger partial charge < -0.3 is 29.6 Å². The molecule has 2 heterocycles. The van der Waals surface area contributed by atoms with Crippen LogP contribution in [0, 0.1) is 0 Å². The average Bonchev–Trinajstić information content (AvgIpc) is 3.09. The van der Waals surface area contributed by atoms with Crippen LogP contribution >= 0.6 is 23.2 Å². The number of ether oxygens (including phenoxy) is 3. The molecule has 3 rings (SSSR count). The maximum absolute atomic E-state index is 12.0. The van der Waals surface area contributed by atoms with Gasteiger partial charge in [-0.1, -0.05) is 23.2 Å². The van der Waals surface area contributed by atoms with Crippen LogP contribution in [0.25, 0.3) is 0 Å². The van der Waals surface area contributed by atoms with E-state index < -0.39 is 10.9 Å². The van der Waals surface area contributed by atoms with E-state index in [4.69, 9.17) is 43.1 Å². The van der Waals surface area contributed by atoms with Gasteiger partial charge in [-0.25, -0.2) is 4.79 Å². The summed E-state index contributed by atoms with van der Waals surface area (Å²) in [5.74, 6) is 0.395. The molecule has 0 bridgehead atoms. The third-order valence-electron chi connectivity index (χ3n) is 3.99. The first-order valence-electron chi connectivity index (χ1n) is 8.39. The van der Waals surface area contributed by atoms with Gasteiger partial charge in [-0.05, 0) is 12.1 Å². The molecule has 9 nitrogen and oxygen atoms in total. The zero-order valence-electron chi connectivity index (χ0n) is 15.2. The molecule has 2 N–H and O–H groups in total. The number of nitrogens with two attached hydrogens (primary N) is 1. The Kier molecular flexibility index (Phi) is 8.31. The van der Waals surface area contributed by atoms with Gasteiger partial charge in [-0.2, -0.15) is 0 Å². The number of hydrogen-bond acceptors (Lipinski definition) is 7. The second kappa shape index (κ2) is 10.5. The number of carbonyl (C=O) groups is 3. The Balaban J connectivity index is 0.000000500. The second-order valence-corrected chi connectivity index (χ2v) is 6.94. The molecule has 2 amide bonds. The number of methoxy groups -OCH3 is 1. The number of cyclic esters (lactones) is 1. The lowest BCUT2D eigenvalue weighted by molar-refractivity contribution is -0.125. The molecule has 1 atom stereocenters. The molecule has 0 aromatic heterocycles. The average molecular weight is 434 g/mol. The first-order chi connectivity index (χ1) is 13.4. The van der Waals surface area contributed by atoms with E-state index >= 15 is 0 Å². The van der Waals surface area contributed by atoms with Crippen molar-refractivity contribution in [1.29, 1.82) is 0 Å². The Labute approximate surface area is 172 Å². The number of benzene rings is 1. The molecule has 2 aliphatic heterocycles. The van der Waals surface area contributed by atoms with Crippen LogP contribution in [-0.2, 0) is 19.1 Å². The Morgan fingerprint density at radius 3 is 2.61 bits per heavy atom. The number of rotatable bonds is 5. The van der Waals surface area contributed by atoms with Crippen LogP contribution in [0.15, 0.2) is 18.2 Å². The zero-order chi connectivity index (χ0) is 20.7. The standard InChI is InChI=1S/C15H19N3O5.C2H2Cl2O/c1-21-13-6-10(17-4-5-22-9-14(17)19)2-3-12(13)18-8-11(7-16)23-15(18)20;3-2(4)1-5/h2-3,6,11H,4-5,7-9,16H2,1H3;1-2H. The smallest absolute Gasteiger partial charge is 0.414 e. The molecule has 28 heavy (non-hydrogen) atoms. The molecule has 1 aromatic carbocycles. The van der Waals surface area contributed by atoms with Crippen molar-refractivity contribution in [2.24, 2.45) is 5.73 Å². The van der Waals surface area contributed by atoms with Crippen LogP contribution in [0.5, 0.6) is 5.75 Å². The van der Waals surface area contributed by atoms with Gasteiger partial charge in [-0.3, -0.25) is 9.69 Å². The number of morpholine rings is 1. The van der Waals surface area contributed by atoms with Crippen molar-refractivity contribution in [3.05, 3.63) is 18.2 Å². The van der Waals surface area contributed by atoms with Crippen molar-refractivity contribution in [1.82, 2.24) is 0 Å². The van der Waals surface area contributed by atoms with E-state index in [1.807, 2.05) is 0 Å². The largest absolute Gasteiger partial charge is 0.494 e. The van der Waals surface area contributed by atoms with Crippen molar-refractivity contribution in [3.8, 4) is 5.75 Å². The molecular formula is C17H21Cl2N3O6. The molecule has 1 unspecified atom stereocenters. The van der Waals surface area contributed by atoms with Crippen LogP contribution < -0.4 is 20.3 Å². The van der Waals surface area contributed by atoms with Crippen LogP contribution in [-0.4, -0.2) is 69.2 Å². The minimum absolute atomic E-state index is 0.0701. The molecule has 0 radical (unpaired) electrons. The van der Waals surface area contributed by atoms with E-state index in [9.17, 15) is 14.4 Å². The van der Waals surface area contributed by atoms with Gasteiger partial charge in [-0.15, -0.1) is 0 Å². The highest BCUT2D eigenvalue weighted by Crippen LogP contribution is 2.35. The quantitative estimate of drug-likeness (QED) is 0.550. The second-order valence-electron chi connectivity index (χ2n) is 5.78. The van der Waals surface area contributed by atoms with Crippen LogP contribution in [0.1, 0.15) is 0 Å². The third-order valence-corrected chi connectivity index (χ3v) is 4.20. The predicted molar refractivity (Wildman–Crippen MR) is 104 cm³/mol. The van der Waals surface area contributed by atoms with Crippen molar-refractivity contribution < 1.29 is 28.6 Å². The molecule has 2 aliphatic rings. The highest BCUT2D eigenvalue weighted by atomic mass is 35.5. The molecular weight excluding hydrogens is 413 g/mol. The highest BCUT2D eigenvalue weighted by Gasteiger charge is 2.33. The number of amides is 2. The number of carbonyl (C=O) groups excluding carboxylic acids is 3. The van der Waals surface area contributed by atoms with Crippen molar-refractivity contribution in [2.45, 2.75) is 10.9 Å². The molecule has 0 saturated carbocycles. The summed E-state index contributed by atoms with van der Waals surface area (Å²) < 4.78 is 15.7. The van der Waals surface area contributed by atoms with Crippen molar-refractivity contribution in [2.75, 3.05) is 49.8 Å². The highest BCUT2D eigenvalue weighted by molar-refractivity contribution is 6.51. The normalized spacial score (nSPS) is 19.2. The minimum atomic E-state index is -0.852. The summed E-state index contributed by atoms with van der Waals surface area (Å²) in [6.07, 6.45) is -0.329. The number of halogens is 2. The SMILES string of the molecule is COc1cc(N2CCOCC2=O)ccc1N1CC(CN)OC1=O.O=CC(Cl)Cl. The van der Waals surface area contributed by atoms with Crippen molar-refractivity contribution >= 4 is 52.9 Å². The van der Waals surface area contributed by atoms with E-state index in [0.29, 0.717) is 43.1 Å². The van der Waals surface area contributed by atoms with Gasteiger partial charge in [0, 0.05) is 24.8 Å². The lowest BCUT2D eigenvalue weighted by Crippen LogP contribution is -2.41. The number of nitrogens with zero attached hydrogens (tertiary/aromatic N) is 2. The summed E-state index contributed by atoms with van der Waals surface area (Å²) in [5.41, 5.74) is 6.86. The summed E-state index contributed by atoms with van der Waals surface area (Å²) in [4.78, 5) is 35.4. The Morgan fingerprint density at radius 1 is 1.36 bits per heavy atom. The topological polar surface area (TPSA) is 111 Å². The van der Waals surface area contributed by atoms with Crippen LogP contribution in [0.4, 0.5) is 16.2 Å². The maximum atomic E-state index is 12.0. The fourth-order valence-electron chi connectivity index (χ4n) is 2.69. The third kappa shape index (κ3) is 5.48. The van der Waals surface area contributed by atoms with Crippen LogP contribution in [0.2, 0.25) is 0 Å². The van der Waals surface area contributed by atoms with E-state index in [1.54, 1.807) is 23.1 Å². The number of aldehydes is 1. The van der Waals surface area contributed by atoms with E-state index in [1.165, 1.54) is 12.0 Å². The van der Waals surface area contributed by atoms with Gasteiger partial charge in [0.25, 0.3) is 5.91 Å². The molecule has 0 spiro atoms. The monoisotopic (exact) mass is 433 g/mol. The van der Waals surface area contributed by atoms with Gasteiger partial charge in [0.2, 0.25) is 0 Å². The Hall–Kier alpha value is -2.07. The van der Waals surface area contributed by atoms with Gasteiger partial charge in [0.05, 0.1) is 25.9 Å². The lowest BCUT2D eigenvalue weighted by Gasteiger charge is -2.28. The molecule has 11 heteroatoms. The molecule has 2 fully saturated rings. The predicted octanol–water partition coefficient (Wildman–Crippen LogP) is 1.33. The number of anilines is 2. The number of alkyl halides is 2. The Morgan fingerprint density at radius 2 is 2.07 bits per heavy atom. The summed E-state index contributed by atoms with van der Waals surface area (Å²) in [6, 6.07) is 5.27. The maximum Gasteiger partial charge on any atom is 0.414 e. The minimum Gasteiger partial charge on any atom is -0.494 e. The fraction of sp³-hybridized carbons (Fsp3) is 0.471. The summed E-state index contributed by atoms with van der Waals surface area (Å²) in [5, 5.41) is 0. The van der Waals surface area contributed by atoms with Crippen molar-refractivity contribution in [3.63, 3.8) is 0 Å². The van der Waals surface area contributed by atoms with E-state index in [2.05, 4.69) is 0 Å². The van der Waals surface area contributed by atoms with E-state index in [0.717, 1.165) is 0 Å². The van der Waals surface area contributed by atoms with Crippen LogP contribution in [0.3, 0.4) is 0 Å².